The lowest BCUT2D eigenvalue weighted by molar-refractivity contribution is 0.0520. The van der Waals surface area contributed by atoms with Crippen molar-refractivity contribution >= 4 is 0 Å². The van der Waals surface area contributed by atoms with Gasteiger partial charge in [-0.1, -0.05) is 30.3 Å². The SMILES string of the molecule is COCCNCC(C)OCc1ccccc1. The van der Waals surface area contributed by atoms with Crippen LogP contribution in [0.2, 0.25) is 0 Å². The lowest BCUT2D eigenvalue weighted by atomic mass is 10.2. The fourth-order valence-corrected chi connectivity index (χ4v) is 1.35. The Balaban J connectivity index is 2.08. The van der Waals surface area contributed by atoms with Crippen LogP contribution in [-0.4, -0.2) is 32.9 Å². The van der Waals surface area contributed by atoms with Crippen LogP contribution in [0.1, 0.15) is 12.5 Å². The maximum Gasteiger partial charge on any atom is 0.0721 e. The molecule has 1 rings (SSSR count). The normalized spacial score (nSPS) is 12.6. The second kappa shape index (κ2) is 8.28. The first kappa shape index (κ1) is 13.2. The molecule has 90 valence electrons. The third kappa shape index (κ3) is 5.85. The van der Waals surface area contributed by atoms with Crippen molar-refractivity contribution in [1.29, 1.82) is 0 Å². The lowest BCUT2D eigenvalue weighted by Crippen LogP contribution is -2.29. The highest BCUT2D eigenvalue weighted by molar-refractivity contribution is 5.13. The van der Waals surface area contributed by atoms with E-state index in [-0.39, 0.29) is 6.10 Å². The molecular weight excluding hydrogens is 202 g/mol. The first-order valence-electron chi connectivity index (χ1n) is 5.68. The molecule has 3 heteroatoms. The minimum absolute atomic E-state index is 0.220. The number of hydrogen-bond donors (Lipinski definition) is 1. The molecule has 1 unspecified atom stereocenters. The third-order valence-corrected chi connectivity index (χ3v) is 2.29. The van der Waals surface area contributed by atoms with Gasteiger partial charge in [0.2, 0.25) is 0 Å². The van der Waals surface area contributed by atoms with Crippen molar-refractivity contribution in [3.05, 3.63) is 35.9 Å². The van der Waals surface area contributed by atoms with Crippen molar-refractivity contribution in [2.24, 2.45) is 0 Å². The molecule has 0 saturated carbocycles. The smallest absolute Gasteiger partial charge is 0.0721 e. The van der Waals surface area contributed by atoms with E-state index < -0.39 is 0 Å². The molecule has 0 spiro atoms. The molecule has 0 aliphatic rings. The van der Waals surface area contributed by atoms with Gasteiger partial charge in [0.15, 0.2) is 0 Å². The van der Waals surface area contributed by atoms with Crippen molar-refractivity contribution in [2.45, 2.75) is 19.6 Å². The first-order chi connectivity index (χ1) is 7.83. The second-order valence-corrected chi connectivity index (χ2v) is 3.80. The summed E-state index contributed by atoms with van der Waals surface area (Å²) < 4.78 is 10.7. The predicted octanol–water partition coefficient (Wildman–Crippen LogP) is 1.83. The van der Waals surface area contributed by atoms with E-state index in [0.29, 0.717) is 6.61 Å². The van der Waals surface area contributed by atoms with Gasteiger partial charge in [0, 0.05) is 20.2 Å². The van der Waals surface area contributed by atoms with Crippen molar-refractivity contribution in [2.75, 3.05) is 26.8 Å². The maximum atomic E-state index is 5.70. The van der Waals surface area contributed by atoms with Gasteiger partial charge in [-0.2, -0.15) is 0 Å². The second-order valence-electron chi connectivity index (χ2n) is 3.80. The zero-order chi connectivity index (χ0) is 11.6. The van der Waals surface area contributed by atoms with Crippen LogP contribution >= 0.6 is 0 Å². The summed E-state index contributed by atoms with van der Waals surface area (Å²) >= 11 is 0. The standard InChI is InChI=1S/C13H21NO2/c1-12(10-14-8-9-15-2)16-11-13-6-4-3-5-7-13/h3-7,12,14H,8-11H2,1-2H3. The largest absolute Gasteiger partial charge is 0.383 e. The minimum atomic E-state index is 0.220. The van der Waals surface area contributed by atoms with Crippen LogP contribution in [0.25, 0.3) is 0 Å². The summed E-state index contributed by atoms with van der Waals surface area (Å²) in [5, 5.41) is 3.27. The van der Waals surface area contributed by atoms with E-state index in [1.54, 1.807) is 7.11 Å². The highest BCUT2D eigenvalue weighted by Crippen LogP contribution is 2.02. The van der Waals surface area contributed by atoms with Gasteiger partial charge in [0.05, 0.1) is 19.3 Å². The zero-order valence-corrected chi connectivity index (χ0v) is 10.1. The Hall–Kier alpha value is -0.900. The quantitative estimate of drug-likeness (QED) is 0.682. The molecule has 1 aromatic carbocycles. The van der Waals surface area contributed by atoms with Gasteiger partial charge in [0.25, 0.3) is 0 Å². The Morgan fingerprint density at radius 1 is 1.25 bits per heavy atom. The Kier molecular flexibility index (Phi) is 6.81. The molecule has 1 aromatic rings. The predicted molar refractivity (Wildman–Crippen MR) is 65.4 cm³/mol. The van der Waals surface area contributed by atoms with E-state index >= 15 is 0 Å². The molecule has 0 aromatic heterocycles. The molecule has 1 N–H and O–H groups in total. The average molecular weight is 223 g/mol. The lowest BCUT2D eigenvalue weighted by Gasteiger charge is -2.13. The molecule has 0 amide bonds. The van der Waals surface area contributed by atoms with E-state index in [2.05, 4.69) is 24.4 Å². The van der Waals surface area contributed by atoms with Gasteiger partial charge in [-0.15, -0.1) is 0 Å². The van der Waals surface area contributed by atoms with E-state index in [9.17, 15) is 0 Å². The van der Waals surface area contributed by atoms with Gasteiger partial charge in [-0.25, -0.2) is 0 Å². The number of ether oxygens (including phenoxy) is 2. The number of hydrogen-bond acceptors (Lipinski definition) is 3. The zero-order valence-electron chi connectivity index (χ0n) is 10.1. The van der Waals surface area contributed by atoms with E-state index in [4.69, 9.17) is 9.47 Å². The Morgan fingerprint density at radius 3 is 2.69 bits per heavy atom. The van der Waals surface area contributed by atoms with Crippen molar-refractivity contribution in [3.63, 3.8) is 0 Å². The monoisotopic (exact) mass is 223 g/mol. The topological polar surface area (TPSA) is 30.5 Å². The van der Waals surface area contributed by atoms with Gasteiger partial charge in [-0.3, -0.25) is 0 Å². The van der Waals surface area contributed by atoms with Crippen molar-refractivity contribution < 1.29 is 9.47 Å². The van der Waals surface area contributed by atoms with E-state index in [0.717, 1.165) is 19.7 Å². The van der Waals surface area contributed by atoms with Gasteiger partial charge >= 0.3 is 0 Å². The number of rotatable bonds is 8. The highest BCUT2D eigenvalue weighted by atomic mass is 16.5. The van der Waals surface area contributed by atoms with Crippen LogP contribution in [0.3, 0.4) is 0 Å². The summed E-state index contributed by atoms with van der Waals surface area (Å²) in [6.07, 6.45) is 0.220. The van der Waals surface area contributed by atoms with Gasteiger partial charge in [-0.05, 0) is 12.5 Å². The summed E-state index contributed by atoms with van der Waals surface area (Å²) in [7, 11) is 1.71. The van der Waals surface area contributed by atoms with Crippen LogP contribution < -0.4 is 5.32 Å². The molecule has 0 radical (unpaired) electrons. The summed E-state index contributed by atoms with van der Waals surface area (Å²) in [4.78, 5) is 0. The summed E-state index contributed by atoms with van der Waals surface area (Å²) in [5.41, 5.74) is 1.21. The number of methoxy groups -OCH3 is 1. The molecule has 0 aliphatic carbocycles. The molecule has 0 saturated heterocycles. The Bertz CT molecular complexity index is 264. The first-order valence-corrected chi connectivity index (χ1v) is 5.68. The molecular formula is C13H21NO2. The van der Waals surface area contributed by atoms with Crippen LogP contribution in [-0.2, 0) is 16.1 Å². The van der Waals surface area contributed by atoms with Crippen LogP contribution in [0, 0.1) is 0 Å². The van der Waals surface area contributed by atoms with E-state index in [1.807, 2.05) is 18.2 Å². The molecule has 0 fully saturated rings. The minimum Gasteiger partial charge on any atom is -0.383 e. The summed E-state index contributed by atoms with van der Waals surface area (Å²) in [6.45, 7) is 5.22. The van der Waals surface area contributed by atoms with Crippen molar-refractivity contribution in [1.82, 2.24) is 5.32 Å². The van der Waals surface area contributed by atoms with Crippen LogP contribution in [0.5, 0.6) is 0 Å². The van der Waals surface area contributed by atoms with E-state index in [1.165, 1.54) is 5.56 Å². The highest BCUT2D eigenvalue weighted by Gasteiger charge is 2.01. The number of nitrogens with one attached hydrogen (secondary N) is 1. The Morgan fingerprint density at radius 2 is 2.00 bits per heavy atom. The Labute approximate surface area is 97.8 Å². The van der Waals surface area contributed by atoms with Gasteiger partial charge in [0.1, 0.15) is 0 Å². The molecule has 0 aliphatic heterocycles. The maximum absolute atomic E-state index is 5.70. The average Bonchev–Trinajstić information content (AvgIpc) is 2.33. The fourth-order valence-electron chi connectivity index (χ4n) is 1.35. The van der Waals surface area contributed by atoms with Crippen LogP contribution in [0.4, 0.5) is 0 Å². The molecule has 3 nitrogen and oxygen atoms in total. The summed E-state index contributed by atoms with van der Waals surface area (Å²) in [6, 6.07) is 10.2. The fraction of sp³-hybridized carbons (Fsp3) is 0.538. The molecule has 0 heterocycles. The molecule has 1 atom stereocenters. The van der Waals surface area contributed by atoms with Crippen molar-refractivity contribution in [3.8, 4) is 0 Å². The number of benzene rings is 1. The molecule has 0 bridgehead atoms. The summed E-state index contributed by atoms with van der Waals surface area (Å²) in [5.74, 6) is 0. The van der Waals surface area contributed by atoms with Crippen LogP contribution in [0.15, 0.2) is 30.3 Å². The molecule has 16 heavy (non-hydrogen) atoms. The third-order valence-electron chi connectivity index (χ3n) is 2.29. The van der Waals surface area contributed by atoms with Gasteiger partial charge < -0.3 is 14.8 Å².